The van der Waals surface area contributed by atoms with E-state index in [-0.39, 0.29) is 0 Å². The molecule has 0 saturated heterocycles. The summed E-state index contributed by atoms with van der Waals surface area (Å²) in [5.41, 5.74) is 8.62. The molecular weight excluding hydrogens is 254 g/mol. The maximum Gasteiger partial charge on any atom is 0.337 e. The number of anilines is 3. The van der Waals surface area contributed by atoms with E-state index < -0.39 is 5.97 Å². The Morgan fingerprint density at radius 3 is 2.80 bits per heavy atom. The first-order valence-corrected chi connectivity index (χ1v) is 5.89. The van der Waals surface area contributed by atoms with Crippen molar-refractivity contribution < 1.29 is 9.53 Å². The van der Waals surface area contributed by atoms with Crippen molar-refractivity contribution in [2.24, 2.45) is 0 Å². The average Bonchev–Trinajstić information content (AvgIpc) is 2.49. The third-order valence-corrected chi connectivity index (χ3v) is 2.75. The molecule has 0 aliphatic heterocycles. The summed E-state index contributed by atoms with van der Waals surface area (Å²) in [6.45, 7) is 0. The average molecular weight is 267 g/mol. The number of hydrogen-bond donors (Lipinski definition) is 2. The largest absolute Gasteiger partial charge is 0.465 e. The van der Waals surface area contributed by atoms with Gasteiger partial charge in [0.2, 0.25) is 0 Å². The fourth-order valence-corrected chi connectivity index (χ4v) is 1.73. The molecule has 2 aromatic rings. The van der Waals surface area contributed by atoms with Gasteiger partial charge < -0.3 is 15.8 Å². The summed E-state index contributed by atoms with van der Waals surface area (Å²) >= 11 is 0. The van der Waals surface area contributed by atoms with Crippen LogP contribution in [-0.2, 0) is 4.74 Å². The van der Waals surface area contributed by atoms with Crippen LogP contribution in [0.2, 0.25) is 0 Å². The molecule has 0 bridgehead atoms. The number of esters is 1. The molecule has 0 fully saturated rings. The summed E-state index contributed by atoms with van der Waals surface area (Å²) in [7, 11) is 1.33. The maximum atomic E-state index is 11.5. The number of carbonyl (C=O) groups is 1. The van der Waals surface area contributed by atoms with Crippen LogP contribution in [0.4, 0.5) is 17.1 Å². The van der Waals surface area contributed by atoms with E-state index in [1.54, 1.807) is 42.5 Å². The molecule has 20 heavy (non-hydrogen) atoms. The zero-order valence-electron chi connectivity index (χ0n) is 10.9. The fraction of sp³-hybridized carbons (Fsp3) is 0.0667. The minimum absolute atomic E-state index is 0.410. The van der Waals surface area contributed by atoms with Gasteiger partial charge in [-0.15, -0.1) is 0 Å². The predicted molar refractivity (Wildman–Crippen MR) is 76.6 cm³/mol. The minimum Gasteiger partial charge on any atom is -0.465 e. The number of hydrogen-bond acceptors (Lipinski definition) is 5. The molecule has 0 spiro atoms. The van der Waals surface area contributed by atoms with Crippen LogP contribution < -0.4 is 11.1 Å². The standard InChI is InChI=1S/C15H13N3O2/c1-20-15(19)11-3-2-4-12(8-11)18-14-7-10(9-16)5-6-13(14)17/h2-8,18H,17H2,1H3. The van der Waals surface area contributed by atoms with Gasteiger partial charge in [0.15, 0.2) is 0 Å². The second-order valence-electron chi connectivity index (χ2n) is 4.11. The van der Waals surface area contributed by atoms with Gasteiger partial charge in [-0.25, -0.2) is 4.79 Å². The summed E-state index contributed by atoms with van der Waals surface area (Å²) in [5.74, 6) is -0.410. The van der Waals surface area contributed by atoms with Gasteiger partial charge in [-0.3, -0.25) is 0 Å². The lowest BCUT2D eigenvalue weighted by atomic mass is 10.1. The van der Waals surface area contributed by atoms with Crippen molar-refractivity contribution in [3.63, 3.8) is 0 Å². The van der Waals surface area contributed by atoms with Crippen LogP contribution in [0.5, 0.6) is 0 Å². The summed E-state index contributed by atoms with van der Waals surface area (Å²) in [5, 5.41) is 12.0. The second kappa shape index (κ2) is 5.76. The predicted octanol–water partition coefficient (Wildman–Crippen LogP) is 2.67. The van der Waals surface area contributed by atoms with Gasteiger partial charge >= 0.3 is 5.97 Å². The minimum atomic E-state index is -0.410. The first-order chi connectivity index (χ1) is 9.63. The fourth-order valence-electron chi connectivity index (χ4n) is 1.73. The van der Waals surface area contributed by atoms with Crippen molar-refractivity contribution in [2.45, 2.75) is 0 Å². The van der Waals surface area contributed by atoms with Crippen LogP contribution in [0, 0.1) is 11.3 Å². The molecule has 0 aromatic heterocycles. The van der Waals surface area contributed by atoms with Crippen LogP contribution in [-0.4, -0.2) is 13.1 Å². The zero-order chi connectivity index (χ0) is 14.5. The number of nitrogens with zero attached hydrogens (tertiary/aromatic N) is 1. The lowest BCUT2D eigenvalue weighted by Gasteiger charge is -2.10. The highest BCUT2D eigenvalue weighted by molar-refractivity contribution is 5.91. The maximum absolute atomic E-state index is 11.5. The van der Waals surface area contributed by atoms with Crippen molar-refractivity contribution in [2.75, 3.05) is 18.2 Å². The number of carbonyl (C=O) groups excluding carboxylic acids is 1. The third kappa shape index (κ3) is 2.87. The Morgan fingerprint density at radius 1 is 1.30 bits per heavy atom. The Kier molecular flexibility index (Phi) is 3.87. The summed E-state index contributed by atoms with van der Waals surface area (Å²) in [6, 6.07) is 13.9. The van der Waals surface area contributed by atoms with Crippen LogP contribution in [0.3, 0.4) is 0 Å². The number of nitrogens with one attached hydrogen (secondary N) is 1. The van der Waals surface area contributed by atoms with E-state index >= 15 is 0 Å². The molecule has 0 amide bonds. The Hall–Kier alpha value is -3.00. The molecule has 0 unspecified atom stereocenters. The molecule has 0 saturated carbocycles. The van der Waals surface area contributed by atoms with Gasteiger partial charge in [-0.1, -0.05) is 6.07 Å². The number of ether oxygens (including phenoxy) is 1. The Labute approximate surface area is 116 Å². The molecule has 0 radical (unpaired) electrons. The van der Waals surface area contributed by atoms with Gasteiger partial charge in [-0.2, -0.15) is 5.26 Å². The van der Waals surface area contributed by atoms with Crippen LogP contribution in [0.15, 0.2) is 42.5 Å². The van der Waals surface area contributed by atoms with E-state index in [0.29, 0.717) is 28.2 Å². The van der Waals surface area contributed by atoms with Crippen molar-refractivity contribution in [3.8, 4) is 6.07 Å². The van der Waals surface area contributed by atoms with Gasteiger partial charge in [0.05, 0.1) is 35.7 Å². The number of nitrogens with two attached hydrogens (primary N) is 1. The van der Waals surface area contributed by atoms with E-state index in [9.17, 15) is 4.79 Å². The topological polar surface area (TPSA) is 88.1 Å². The normalized spacial score (nSPS) is 9.60. The molecule has 2 rings (SSSR count). The van der Waals surface area contributed by atoms with Crippen molar-refractivity contribution in [3.05, 3.63) is 53.6 Å². The molecular formula is C15H13N3O2. The summed E-state index contributed by atoms with van der Waals surface area (Å²) in [4.78, 5) is 11.5. The lowest BCUT2D eigenvalue weighted by molar-refractivity contribution is 0.0601. The van der Waals surface area contributed by atoms with E-state index in [4.69, 9.17) is 11.0 Å². The first-order valence-electron chi connectivity index (χ1n) is 5.89. The molecule has 2 aromatic carbocycles. The number of methoxy groups -OCH3 is 1. The molecule has 0 aliphatic rings. The molecule has 3 N–H and O–H groups in total. The van der Waals surface area contributed by atoms with Crippen molar-refractivity contribution >= 4 is 23.0 Å². The van der Waals surface area contributed by atoms with E-state index in [0.717, 1.165) is 0 Å². The van der Waals surface area contributed by atoms with Gasteiger partial charge in [0.25, 0.3) is 0 Å². The molecule has 5 nitrogen and oxygen atoms in total. The van der Waals surface area contributed by atoms with Crippen LogP contribution in [0.1, 0.15) is 15.9 Å². The highest BCUT2D eigenvalue weighted by atomic mass is 16.5. The third-order valence-electron chi connectivity index (χ3n) is 2.75. The van der Waals surface area contributed by atoms with Crippen molar-refractivity contribution in [1.29, 1.82) is 5.26 Å². The number of nitrogen functional groups attached to an aromatic ring is 1. The van der Waals surface area contributed by atoms with E-state index in [2.05, 4.69) is 10.1 Å². The Morgan fingerprint density at radius 2 is 2.10 bits per heavy atom. The summed E-state index contributed by atoms with van der Waals surface area (Å²) < 4.78 is 4.67. The van der Waals surface area contributed by atoms with Crippen LogP contribution in [0.25, 0.3) is 0 Å². The Bertz CT molecular complexity index is 690. The van der Waals surface area contributed by atoms with Gasteiger partial charge in [0.1, 0.15) is 0 Å². The summed E-state index contributed by atoms with van der Waals surface area (Å²) in [6.07, 6.45) is 0. The second-order valence-corrected chi connectivity index (χ2v) is 4.11. The van der Waals surface area contributed by atoms with E-state index in [1.165, 1.54) is 7.11 Å². The monoisotopic (exact) mass is 267 g/mol. The highest BCUT2D eigenvalue weighted by Gasteiger charge is 2.07. The van der Waals surface area contributed by atoms with Crippen LogP contribution >= 0.6 is 0 Å². The quantitative estimate of drug-likeness (QED) is 0.659. The zero-order valence-corrected chi connectivity index (χ0v) is 10.9. The Balaban J connectivity index is 2.31. The molecule has 0 aliphatic carbocycles. The molecule has 0 heterocycles. The lowest BCUT2D eigenvalue weighted by Crippen LogP contribution is -2.02. The van der Waals surface area contributed by atoms with Gasteiger partial charge in [0, 0.05) is 5.69 Å². The smallest absolute Gasteiger partial charge is 0.337 e. The molecule has 0 atom stereocenters. The number of rotatable bonds is 3. The molecule has 5 heteroatoms. The van der Waals surface area contributed by atoms with E-state index in [1.807, 2.05) is 6.07 Å². The van der Waals surface area contributed by atoms with Gasteiger partial charge in [-0.05, 0) is 36.4 Å². The first kappa shape index (κ1) is 13.4. The van der Waals surface area contributed by atoms with Crippen molar-refractivity contribution in [1.82, 2.24) is 0 Å². The number of benzene rings is 2. The molecule has 100 valence electrons. The SMILES string of the molecule is COC(=O)c1cccc(Nc2cc(C#N)ccc2N)c1. The highest BCUT2D eigenvalue weighted by Crippen LogP contribution is 2.24. The number of nitriles is 1.